The molecule has 0 radical (unpaired) electrons. The Labute approximate surface area is 314 Å². The minimum absolute atomic E-state index is 0.0107. The molecule has 2 aromatic carbocycles. The van der Waals surface area contributed by atoms with Gasteiger partial charge in [-0.25, -0.2) is 4.79 Å². The lowest BCUT2D eigenvalue weighted by molar-refractivity contribution is -0.155. The van der Waals surface area contributed by atoms with Crippen LogP contribution in [0.2, 0.25) is 0 Å². The summed E-state index contributed by atoms with van der Waals surface area (Å²) < 4.78 is 106. The van der Waals surface area contributed by atoms with Crippen LogP contribution < -0.4 is 14.8 Å². The van der Waals surface area contributed by atoms with Crippen molar-refractivity contribution >= 4 is 19.0 Å². The van der Waals surface area contributed by atoms with Crippen molar-refractivity contribution in [3.8, 4) is 11.5 Å². The maximum atomic E-state index is 13.4. The molecule has 0 atom stereocenters. The summed E-state index contributed by atoms with van der Waals surface area (Å²) in [6.45, 7) is 11.6. The molecular weight excluding hydrogens is 742 g/mol. The zero-order valence-corrected chi connectivity index (χ0v) is 30.9. The van der Waals surface area contributed by atoms with Gasteiger partial charge in [-0.05, 0) is 68.3 Å². The summed E-state index contributed by atoms with van der Waals surface area (Å²) in [6, 6.07) is 7.23. The highest BCUT2D eigenvalue weighted by atomic mass is 19.4. The van der Waals surface area contributed by atoms with Crippen LogP contribution >= 0.6 is 0 Å². The molecule has 2 heterocycles. The van der Waals surface area contributed by atoms with E-state index in [1.54, 1.807) is 31.7 Å². The second-order valence-electron chi connectivity index (χ2n) is 15.0. The predicted molar refractivity (Wildman–Crippen MR) is 184 cm³/mol. The third kappa shape index (κ3) is 12.6. The summed E-state index contributed by atoms with van der Waals surface area (Å²) in [7, 11) is 0. The van der Waals surface area contributed by atoms with E-state index in [9.17, 15) is 40.7 Å². The molecule has 6 rings (SSSR count). The molecule has 1 N–H and O–H groups in total. The molecule has 0 aromatic heterocycles. The van der Waals surface area contributed by atoms with E-state index in [0.29, 0.717) is 69.5 Å². The van der Waals surface area contributed by atoms with E-state index in [-0.39, 0.29) is 31.0 Å². The quantitative estimate of drug-likeness (QED) is 0.119. The molecule has 0 bridgehead atoms. The SMILES string of the molecule is CC(C)(C)OC(=O)N1CCN(Cc2cc(OC3(OC=O)CC3)cc(C(F)(F)F)c2)CC1.O=COC1(Oc2cc(CN3CCNCC3)cc(C(F)(F)F)c2)CC1. The standard InChI is InChI=1S/C21H27F3N2O5.C16H19F3N2O3/c1-19(2,3)31-18(28)26-8-6-25(7-9-26)13-15-10-16(21(22,23)24)12-17(11-15)30-20(4-5-20)29-14-27;17-16(18,19)13-7-12(10-21-5-3-20-4-6-21)8-14(9-13)24-15(1-2-15)23-11-22/h10-12,14H,4-9,13H2,1-3H3;7-9,11,20H,1-6,10H2. The van der Waals surface area contributed by atoms with Crippen LogP contribution in [0.3, 0.4) is 0 Å². The number of ether oxygens (including phenoxy) is 5. The van der Waals surface area contributed by atoms with E-state index in [1.807, 2.05) is 4.90 Å². The van der Waals surface area contributed by atoms with Gasteiger partial charge in [0, 0.05) is 91.1 Å². The van der Waals surface area contributed by atoms with Crippen LogP contribution in [0.15, 0.2) is 36.4 Å². The van der Waals surface area contributed by atoms with Crippen molar-refractivity contribution in [2.24, 2.45) is 0 Å². The van der Waals surface area contributed by atoms with E-state index in [2.05, 4.69) is 10.2 Å². The normalized spacial score (nSPS) is 19.6. The van der Waals surface area contributed by atoms with E-state index < -0.39 is 46.7 Å². The molecule has 1 amide bonds. The number of amides is 1. The third-order valence-electron chi connectivity index (χ3n) is 9.08. The van der Waals surface area contributed by atoms with E-state index in [4.69, 9.17) is 23.7 Å². The second-order valence-corrected chi connectivity index (χ2v) is 15.0. The first kappa shape index (κ1) is 41.9. The van der Waals surface area contributed by atoms with Crippen LogP contribution in [0.25, 0.3) is 0 Å². The van der Waals surface area contributed by atoms with Gasteiger partial charge in [0.2, 0.25) is 0 Å². The van der Waals surface area contributed by atoms with Crippen LogP contribution in [0, 0.1) is 0 Å². The summed E-state index contributed by atoms with van der Waals surface area (Å²) in [6.07, 6.45) is -7.56. The monoisotopic (exact) mass is 788 g/mol. The lowest BCUT2D eigenvalue weighted by Gasteiger charge is -2.35. The molecular formula is C37H46F6N4O8. The summed E-state index contributed by atoms with van der Waals surface area (Å²) in [5.74, 6) is -2.17. The summed E-state index contributed by atoms with van der Waals surface area (Å²) in [5.41, 5.74) is -1.21. The fourth-order valence-corrected chi connectivity index (χ4v) is 6.05. The Morgan fingerprint density at radius 1 is 0.673 bits per heavy atom. The molecule has 12 nitrogen and oxygen atoms in total. The lowest BCUT2D eigenvalue weighted by atomic mass is 10.1. The van der Waals surface area contributed by atoms with E-state index in [1.165, 1.54) is 6.07 Å². The van der Waals surface area contributed by atoms with Gasteiger partial charge in [0.15, 0.2) is 0 Å². The Morgan fingerprint density at radius 3 is 1.45 bits per heavy atom. The van der Waals surface area contributed by atoms with Crippen molar-refractivity contribution in [2.75, 3.05) is 52.4 Å². The van der Waals surface area contributed by atoms with Crippen LogP contribution in [0.4, 0.5) is 31.1 Å². The molecule has 2 aliphatic heterocycles. The second kappa shape index (κ2) is 16.8. The van der Waals surface area contributed by atoms with Crippen LogP contribution in [-0.4, -0.2) is 103 Å². The number of alkyl halides is 6. The van der Waals surface area contributed by atoms with Gasteiger partial charge in [0.25, 0.3) is 24.5 Å². The van der Waals surface area contributed by atoms with Gasteiger partial charge in [0.1, 0.15) is 17.1 Å². The fourth-order valence-electron chi connectivity index (χ4n) is 6.05. The van der Waals surface area contributed by atoms with Crippen molar-refractivity contribution in [1.82, 2.24) is 20.0 Å². The molecule has 2 saturated carbocycles. The average Bonchev–Trinajstić information content (AvgIpc) is 4.03. The zero-order chi connectivity index (χ0) is 40.1. The Hall–Kier alpha value is -4.29. The molecule has 304 valence electrons. The summed E-state index contributed by atoms with van der Waals surface area (Å²) >= 11 is 0. The number of carbonyl (C=O) groups excluding carboxylic acids is 3. The van der Waals surface area contributed by atoms with Crippen LogP contribution in [0.5, 0.6) is 11.5 Å². The van der Waals surface area contributed by atoms with Crippen molar-refractivity contribution in [1.29, 1.82) is 0 Å². The highest BCUT2D eigenvalue weighted by molar-refractivity contribution is 5.68. The number of benzene rings is 2. The maximum Gasteiger partial charge on any atom is 0.416 e. The first-order chi connectivity index (χ1) is 25.8. The predicted octanol–water partition coefficient (Wildman–Crippen LogP) is 5.95. The van der Waals surface area contributed by atoms with Gasteiger partial charge in [-0.15, -0.1) is 0 Å². The smallest absolute Gasteiger partial charge is 0.416 e. The Kier molecular flexibility index (Phi) is 12.8. The average molecular weight is 789 g/mol. The van der Waals surface area contributed by atoms with Gasteiger partial charge < -0.3 is 33.9 Å². The maximum absolute atomic E-state index is 13.4. The van der Waals surface area contributed by atoms with Gasteiger partial charge in [0.05, 0.1) is 11.1 Å². The molecule has 2 aliphatic carbocycles. The van der Waals surface area contributed by atoms with Gasteiger partial charge in [-0.1, -0.05) is 0 Å². The largest absolute Gasteiger partial charge is 0.452 e. The number of nitrogens with one attached hydrogen (secondary N) is 1. The number of nitrogens with zero attached hydrogens (tertiary/aromatic N) is 3. The minimum Gasteiger partial charge on any atom is -0.452 e. The van der Waals surface area contributed by atoms with Crippen molar-refractivity contribution < 1.29 is 64.4 Å². The Morgan fingerprint density at radius 2 is 1.09 bits per heavy atom. The van der Waals surface area contributed by atoms with Crippen molar-refractivity contribution in [2.45, 2.75) is 89.1 Å². The van der Waals surface area contributed by atoms with Crippen molar-refractivity contribution in [3.05, 3.63) is 58.7 Å². The zero-order valence-electron chi connectivity index (χ0n) is 30.9. The molecule has 2 saturated heterocycles. The molecule has 2 aromatic rings. The number of rotatable bonds is 12. The van der Waals surface area contributed by atoms with E-state index >= 15 is 0 Å². The van der Waals surface area contributed by atoms with Crippen LogP contribution in [-0.2, 0) is 49.2 Å². The molecule has 4 fully saturated rings. The Bertz CT molecular complexity index is 1650. The minimum atomic E-state index is -4.54. The molecule has 0 unspecified atom stereocenters. The van der Waals surface area contributed by atoms with E-state index in [0.717, 1.165) is 50.4 Å². The first-order valence-electron chi connectivity index (χ1n) is 18.0. The van der Waals surface area contributed by atoms with Gasteiger partial charge in [-0.2, -0.15) is 26.3 Å². The summed E-state index contributed by atoms with van der Waals surface area (Å²) in [5, 5.41) is 3.20. The topological polar surface area (TPSA) is 119 Å². The van der Waals surface area contributed by atoms with Gasteiger partial charge >= 0.3 is 18.4 Å². The summed E-state index contributed by atoms with van der Waals surface area (Å²) in [4.78, 5) is 39.0. The molecule has 55 heavy (non-hydrogen) atoms. The first-order valence-corrected chi connectivity index (χ1v) is 18.0. The lowest BCUT2D eigenvalue weighted by Crippen LogP contribution is -2.49. The molecule has 0 spiro atoms. The number of hydrogen-bond donors (Lipinski definition) is 1. The van der Waals surface area contributed by atoms with Crippen LogP contribution in [0.1, 0.15) is 68.7 Å². The molecule has 18 heteroatoms. The Balaban J connectivity index is 0.000000218. The number of piperazine rings is 2. The molecule has 4 aliphatic rings. The highest BCUT2D eigenvalue weighted by Gasteiger charge is 2.50. The third-order valence-corrected chi connectivity index (χ3v) is 9.08. The van der Waals surface area contributed by atoms with Gasteiger partial charge in [-0.3, -0.25) is 19.4 Å². The van der Waals surface area contributed by atoms with Crippen molar-refractivity contribution in [3.63, 3.8) is 0 Å². The highest BCUT2D eigenvalue weighted by Crippen LogP contribution is 2.44. The fraction of sp³-hybridized carbons (Fsp3) is 0.595. The number of hydrogen-bond acceptors (Lipinski definition) is 11. The number of halogens is 6. The number of carbonyl (C=O) groups is 3.